The summed E-state index contributed by atoms with van der Waals surface area (Å²) in [7, 11) is 2.12. The first kappa shape index (κ1) is 13.1. The molecule has 3 rings (SSSR count). The number of nitrogens with zero attached hydrogens (tertiary/aromatic N) is 1. The zero-order chi connectivity index (χ0) is 13.8. The monoisotopic (exact) mass is 258 g/mol. The number of aromatic nitrogens is 1. The van der Waals surface area contributed by atoms with Crippen molar-refractivity contribution in [1.29, 1.82) is 0 Å². The highest BCUT2D eigenvalue weighted by atomic mass is 15.0. The second kappa shape index (κ2) is 4.05. The smallest absolute Gasteiger partial charge is 0.0482 e. The number of fused-ring (bicyclic) bond motifs is 1. The van der Waals surface area contributed by atoms with Gasteiger partial charge in [0.2, 0.25) is 0 Å². The zero-order valence-electron chi connectivity index (χ0n) is 12.8. The first-order valence-corrected chi connectivity index (χ1v) is 7.52. The van der Waals surface area contributed by atoms with Crippen molar-refractivity contribution in [3.63, 3.8) is 0 Å². The molecule has 2 atom stereocenters. The summed E-state index contributed by atoms with van der Waals surface area (Å²) in [6.07, 6.45) is 4.40. The molecule has 2 unspecified atom stereocenters. The summed E-state index contributed by atoms with van der Waals surface area (Å²) in [6.45, 7) is 9.65. The molecule has 0 amide bonds. The van der Waals surface area contributed by atoms with Gasteiger partial charge in [-0.25, -0.2) is 0 Å². The average molecular weight is 258 g/mol. The molecule has 2 nitrogen and oxygen atoms in total. The van der Waals surface area contributed by atoms with Gasteiger partial charge in [0.25, 0.3) is 0 Å². The van der Waals surface area contributed by atoms with Gasteiger partial charge in [-0.1, -0.05) is 33.8 Å². The molecule has 0 aromatic carbocycles. The molecule has 1 aromatic heterocycles. The third-order valence-electron chi connectivity index (χ3n) is 6.26. The Morgan fingerprint density at radius 3 is 2.53 bits per heavy atom. The number of likely N-dealkylation sites (N-methyl/N-ethyl adjacent to an activating group) is 1. The Bertz CT molecular complexity index is 476. The van der Waals surface area contributed by atoms with E-state index in [9.17, 15) is 0 Å². The van der Waals surface area contributed by atoms with Gasteiger partial charge < -0.3 is 5.32 Å². The number of pyridine rings is 1. The minimum atomic E-state index is 0.429. The molecule has 1 N–H and O–H groups in total. The van der Waals surface area contributed by atoms with Gasteiger partial charge in [-0.2, -0.15) is 0 Å². The molecule has 104 valence electrons. The molecule has 2 aliphatic carbocycles. The fourth-order valence-electron chi connectivity index (χ4n) is 4.54. The first-order chi connectivity index (χ1) is 8.91. The van der Waals surface area contributed by atoms with Gasteiger partial charge in [-0.15, -0.1) is 0 Å². The van der Waals surface area contributed by atoms with Gasteiger partial charge in [0.1, 0.15) is 0 Å². The molecule has 2 aliphatic rings. The van der Waals surface area contributed by atoms with Crippen molar-refractivity contribution in [3.8, 4) is 0 Å². The molecule has 0 spiro atoms. The van der Waals surface area contributed by atoms with Crippen LogP contribution in [0.15, 0.2) is 18.3 Å². The van der Waals surface area contributed by atoms with Crippen molar-refractivity contribution in [2.75, 3.05) is 7.05 Å². The first-order valence-electron chi connectivity index (χ1n) is 7.52. The van der Waals surface area contributed by atoms with Crippen LogP contribution in [0.2, 0.25) is 0 Å². The van der Waals surface area contributed by atoms with Crippen LogP contribution in [0.3, 0.4) is 0 Å². The molecular formula is C17H26N2. The van der Waals surface area contributed by atoms with E-state index in [1.165, 1.54) is 24.1 Å². The van der Waals surface area contributed by atoms with Gasteiger partial charge in [0, 0.05) is 23.9 Å². The van der Waals surface area contributed by atoms with Gasteiger partial charge in [-0.05, 0) is 48.3 Å². The summed E-state index contributed by atoms with van der Waals surface area (Å²) in [4.78, 5) is 4.68. The van der Waals surface area contributed by atoms with Crippen molar-refractivity contribution in [1.82, 2.24) is 10.3 Å². The highest BCUT2D eigenvalue weighted by molar-refractivity contribution is 5.32. The van der Waals surface area contributed by atoms with Crippen LogP contribution in [0.25, 0.3) is 0 Å². The van der Waals surface area contributed by atoms with E-state index in [-0.39, 0.29) is 0 Å². The quantitative estimate of drug-likeness (QED) is 0.899. The number of nitrogens with one attached hydrogen (secondary N) is 1. The van der Waals surface area contributed by atoms with Crippen LogP contribution in [-0.2, 0) is 6.42 Å². The summed E-state index contributed by atoms with van der Waals surface area (Å²) in [5, 5.41) is 3.62. The van der Waals surface area contributed by atoms with Crippen LogP contribution >= 0.6 is 0 Å². The van der Waals surface area contributed by atoms with Crippen molar-refractivity contribution >= 4 is 0 Å². The number of aryl methyl sites for hydroxylation is 1. The fraction of sp³-hybridized carbons (Fsp3) is 0.706. The molecular weight excluding hydrogens is 232 g/mol. The maximum Gasteiger partial charge on any atom is 0.0482 e. The third-order valence-corrected chi connectivity index (χ3v) is 6.26. The van der Waals surface area contributed by atoms with Crippen molar-refractivity contribution in [2.24, 2.45) is 16.7 Å². The Balaban J connectivity index is 1.90. The molecule has 1 fully saturated rings. The second-order valence-electron chi connectivity index (χ2n) is 7.43. The lowest BCUT2D eigenvalue weighted by Gasteiger charge is -2.25. The van der Waals surface area contributed by atoms with Crippen LogP contribution in [0.1, 0.15) is 51.3 Å². The molecule has 19 heavy (non-hydrogen) atoms. The highest BCUT2D eigenvalue weighted by Crippen LogP contribution is 2.71. The van der Waals surface area contributed by atoms with Crippen LogP contribution in [0, 0.1) is 16.7 Å². The predicted octanol–water partition coefficient (Wildman–Crippen LogP) is 3.38. The fourth-order valence-corrected chi connectivity index (χ4v) is 4.54. The van der Waals surface area contributed by atoms with E-state index in [0.29, 0.717) is 22.8 Å². The molecule has 0 bridgehead atoms. The Labute approximate surface area is 117 Å². The number of hydrogen-bond acceptors (Lipinski definition) is 2. The van der Waals surface area contributed by atoms with E-state index in [4.69, 9.17) is 0 Å². The number of hydrogen-bond donors (Lipinski definition) is 1. The van der Waals surface area contributed by atoms with E-state index in [1.807, 2.05) is 6.20 Å². The summed E-state index contributed by atoms with van der Waals surface area (Å²) in [6, 6.07) is 4.87. The van der Waals surface area contributed by atoms with Crippen LogP contribution in [0.5, 0.6) is 0 Å². The molecule has 0 saturated heterocycles. The predicted molar refractivity (Wildman–Crippen MR) is 79.2 cm³/mol. The van der Waals surface area contributed by atoms with Gasteiger partial charge in [0.05, 0.1) is 0 Å². The Kier molecular flexibility index (Phi) is 2.79. The van der Waals surface area contributed by atoms with Crippen molar-refractivity contribution in [2.45, 2.75) is 52.5 Å². The molecule has 1 saturated carbocycles. The molecule has 2 heteroatoms. The standard InChI is InChI=1S/C17H26N2/c1-16(2)15(17(16,3)4)14(18-5)12-9-8-11-7-6-10-19-13(11)12/h6-7,10,12,14-15,18H,8-9H2,1-5H3. The normalized spacial score (nSPS) is 29.0. The summed E-state index contributed by atoms with van der Waals surface area (Å²) in [5.41, 5.74) is 3.67. The maximum atomic E-state index is 4.68. The molecule has 1 aromatic rings. The van der Waals surface area contributed by atoms with Crippen molar-refractivity contribution in [3.05, 3.63) is 29.6 Å². The average Bonchev–Trinajstić information content (AvgIpc) is 2.69. The van der Waals surface area contributed by atoms with E-state index in [0.717, 1.165) is 5.92 Å². The molecule has 0 aliphatic heterocycles. The molecule has 0 radical (unpaired) electrons. The van der Waals surface area contributed by atoms with Gasteiger partial charge >= 0.3 is 0 Å². The van der Waals surface area contributed by atoms with E-state index in [1.54, 1.807) is 0 Å². The lowest BCUT2D eigenvalue weighted by atomic mass is 9.89. The van der Waals surface area contributed by atoms with Gasteiger partial charge in [-0.3, -0.25) is 4.98 Å². The summed E-state index contributed by atoms with van der Waals surface area (Å²) < 4.78 is 0. The van der Waals surface area contributed by atoms with Crippen LogP contribution < -0.4 is 5.32 Å². The Morgan fingerprint density at radius 1 is 1.26 bits per heavy atom. The minimum absolute atomic E-state index is 0.429. The lowest BCUT2D eigenvalue weighted by Crippen LogP contribution is -2.36. The van der Waals surface area contributed by atoms with Gasteiger partial charge in [0.15, 0.2) is 0 Å². The largest absolute Gasteiger partial charge is 0.316 e. The van der Waals surface area contributed by atoms with Crippen LogP contribution in [0.4, 0.5) is 0 Å². The lowest BCUT2D eigenvalue weighted by molar-refractivity contribution is 0.356. The Morgan fingerprint density at radius 2 is 1.95 bits per heavy atom. The highest BCUT2D eigenvalue weighted by Gasteiger charge is 2.68. The van der Waals surface area contributed by atoms with E-state index < -0.39 is 0 Å². The Hall–Kier alpha value is -0.890. The zero-order valence-corrected chi connectivity index (χ0v) is 12.8. The third kappa shape index (κ3) is 1.69. The maximum absolute atomic E-state index is 4.68. The topological polar surface area (TPSA) is 24.9 Å². The minimum Gasteiger partial charge on any atom is -0.316 e. The second-order valence-corrected chi connectivity index (χ2v) is 7.43. The van der Waals surface area contributed by atoms with E-state index >= 15 is 0 Å². The van der Waals surface area contributed by atoms with E-state index in [2.05, 4.69) is 57.2 Å². The summed E-state index contributed by atoms with van der Waals surface area (Å²) >= 11 is 0. The SMILES string of the molecule is CNC(C1CCc2cccnc21)C1C(C)(C)C1(C)C. The summed E-state index contributed by atoms with van der Waals surface area (Å²) in [5.74, 6) is 1.33. The number of rotatable bonds is 3. The molecule has 1 heterocycles. The van der Waals surface area contributed by atoms with Crippen LogP contribution in [-0.4, -0.2) is 18.1 Å². The van der Waals surface area contributed by atoms with Crippen molar-refractivity contribution < 1.29 is 0 Å².